The van der Waals surface area contributed by atoms with Crippen LogP contribution in [-0.4, -0.2) is 316 Å². The van der Waals surface area contributed by atoms with Crippen molar-refractivity contribution in [3.05, 3.63) is 120 Å². The van der Waals surface area contributed by atoms with E-state index in [2.05, 4.69) is 73.1 Å². The second-order valence-electron chi connectivity index (χ2n) is 34.8. The summed E-state index contributed by atoms with van der Waals surface area (Å²) in [7, 11) is 3.96. The van der Waals surface area contributed by atoms with Crippen LogP contribution in [0.2, 0.25) is 0 Å². The van der Waals surface area contributed by atoms with Crippen LogP contribution in [0.4, 0.5) is 0 Å². The van der Waals surface area contributed by atoms with Gasteiger partial charge in [0.1, 0.15) is 90.3 Å². The largest absolute Gasteiger partial charge is 0.508 e. The molecule has 3 saturated heterocycles. The Bertz CT molecular complexity index is 5220. The number of nitrogens with one attached hydrogen (secondary N) is 13. The summed E-state index contributed by atoms with van der Waals surface area (Å²) in [6, 6.07) is -2.24. The third-order valence-electron chi connectivity index (χ3n) is 24.3. The lowest BCUT2D eigenvalue weighted by molar-refractivity contribution is -0.149. The van der Waals surface area contributed by atoms with Gasteiger partial charge in [-0.2, -0.15) is 0 Å². The monoisotopic (exact) mass is 1890 g/mol. The van der Waals surface area contributed by atoms with Crippen LogP contribution >= 0.6 is 11.8 Å². The molecular weight excluding hydrogens is 1770 g/mol. The lowest BCUT2D eigenvalue weighted by Crippen LogP contribution is -2.61. The van der Waals surface area contributed by atoms with Gasteiger partial charge in [-0.1, -0.05) is 102 Å². The molecule has 22 N–H and O–H groups in total. The number of phenolic OH excluding ortho intramolecular Hbond substituents is 1. The topological polar surface area (TPSA) is 643 Å². The molecule has 0 saturated carbocycles. The van der Waals surface area contributed by atoms with Crippen molar-refractivity contribution in [1.29, 1.82) is 0 Å². The Labute approximate surface area is 784 Å². The molecule has 3 aromatic carbocycles. The number of H-pyrrole nitrogens is 3. The predicted octanol–water partition coefficient (Wildman–Crippen LogP) is -1.97. The van der Waals surface area contributed by atoms with Crippen LogP contribution < -0.4 is 70.4 Å². The number of carboxylic acids is 1. The highest BCUT2D eigenvalue weighted by Crippen LogP contribution is 2.28. The molecule has 3 aromatic heterocycles. The van der Waals surface area contributed by atoms with Gasteiger partial charge in [0, 0.05) is 125 Å². The number of para-hydroxylation sites is 2. The number of nitrogens with two attached hydrogens (primary N) is 3. The maximum atomic E-state index is 15.8. The van der Waals surface area contributed by atoms with Crippen LogP contribution in [0, 0.1) is 5.92 Å². The zero-order valence-electron chi connectivity index (χ0n) is 77.0. The number of aliphatic carboxylic acids is 1. The number of carbonyl (C=O) groups is 18. The molecule has 43 nitrogen and oxygen atoms in total. The first kappa shape index (κ1) is 105. The molecule has 0 unspecified atom stereocenters. The number of primary amides is 2. The van der Waals surface area contributed by atoms with E-state index in [0.29, 0.717) is 64.2 Å². The number of benzene rings is 3. The van der Waals surface area contributed by atoms with Gasteiger partial charge >= 0.3 is 5.97 Å². The summed E-state index contributed by atoms with van der Waals surface area (Å²) in [5.74, 6) is -19.0. The number of imidazole rings is 1. The molecule has 9 rings (SSSR count). The molecule has 0 spiro atoms. The Hall–Kier alpha value is -13.5. The second-order valence-corrected chi connectivity index (χ2v) is 35.9. The van der Waals surface area contributed by atoms with Crippen molar-refractivity contribution in [2.75, 3.05) is 58.8 Å². The van der Waals surface area contributed by atoms with Gasteiger partial charge in [0.25, 0.3) is 0 Å². The van der Waals surface area contributed by atoms with Gasteiger partial charge in [-0.25, -0.2) is 4.98 Å². The highest BCUT2D eigenvalue weighted by atomic mass is 32.2. The minimum atomic E-state index is -1.84. The number of phenols is 1. The van der Waals surface area contributed by atoms with Crippen molar-refractivity contribution < 1.29 is 102 Å². The quantitative estimate of drug-likeness (QED) is 0.0280. The van der Waals surface area contributed by atoms with Crippen molar-refractivity contribution in [3.8, 4) is 5.75 Å². The SMILES string of the molecule is CCCC[C@H]1C(=O)N(C)[C@@H](CCCC)C(=O)N[C@@H](CC(C)C)C(=O)N[C@H](C(=O)NCC(N)=O)CSCC(=O)N[C@@H](Cc2ccc(O)cc2)C(=O)N(C)[C@@H](C)C(=O)N[C@@H](CC(N)=O)C(=O)N2CCC[C@H]2C(=O)N[C@@H](Cc2cnc[nH]2)C(=O)N[C@@H](CCC(=O)O)C(=O)N2C[C@H](O)C[C@H]2C(=O)N[C@@H](Cc2c[nH]c3ccccc23)C(=O)N[C@@H](CCN)C(=O)N[C@@H](Cc2c[nH]c3ccccc23)C(=O)N1C. The summed E-state index contributed by atoms with van der Waals surface area (Å²) in [4.78, 5) is 282. The third kappa shape index (κ3) is 29.2. The zero-order valence-corrected chi connectivity index (χ0v) is 77.8. The molecular formula is C91H126N22O21S. The summed E-state index contributed by atoms with van der Waals surface area (Å²) < 4.78 is 0. The number of likely N-dealkylation sites (N-methyl/N-ethyl adjacent to an activating group) is 3. The Balaban J connectivity index is 1.11. The van der Waals surface area contributed by atoms with E-state index in [4.69, 9.17) is 17.2 Å². The summed E-state index contributed by atoms with van der Waals surface area (Å²) in [5, 5.41) is 59.6. The number of unbranched alkanes of at least 4 members (excludes halogenated alkanes) is 2. The van der Waals surface area contributed by atoms with Crippen molar-refractivity contribution in [2.24, 2.45) is 23.1 Å². The maximum Gasteiger partial charge on any atom is 0.303 e. The van der Waals surface area contributed by atoms with Gasteiger partial charge in [-0.15, -0.1) is 11.8 Å². The lowest BCUT2D eigenvalue weighted by atomic mass is 9.99. The van der Waals surface area contributed by atoms with Crippen LogP contribution in [0.1, 0.15) is 147 Å². The third-order valence-corrected chi connectivity index (χ3v) is 25.3. The first-order chi connectivity index (χ1) is 64.3. The van der Waals surface area contributed by atoms with Gasteiger partial charge in [0.2, 0.25) is 100 Å². The molecule has 0 aliphatic carbocycles. The molecule has 15 atom stereocenters. The summed E-state index contributed by atoms with van der Waals surface area (Å²) in [6.07, 6.45) is 1.94. The number of aliphatic hydroxyl groups excluding tert-OH is 1. The number of rotatable bonds is 26. The van der Waals surface area contributed by atoms with E-state index >= 15 is 38.4 Å². The van der Waals surface area contributed by atoms with E-state index in [1.54, 1.807) is 74.8 Å². The molecule has 3 aliphatic rings. The number of aromatic hydroxyl groups is 1. The van der Waals surface area contributed by atoms with Crippen molar-refractivity contribution >= 4 is 140 Å². The number of nitrogens with zero attached hydrogens (tertiary/aromatic N) is 6. The number of hydrogen-bond acceptors (Lipinski definition) is 23. The normalized spacial score (nSPS) is 24.8. The number of fused-ring (bicyclic) bond motifs is 4. The molecule has 17 amide bonds. The van der Waals surface area contributed by atoms with Crippen LogP contribution in [-0.2, 0) is 112 Å². The highest BCUT2D eigenvalue weighted by molar-refractivity contribution is 8.00. The fourth-order valence-electron chi connectivity index (χ4n) is 16.8. The molecule has 732 valence electrons. The van der Waals surface area contributed by atoms with Crippen molar-refractivity contribution in [1.82, 2.24) is 97.6 Å². The minimum Gasteiger partial charge on any atom is -0.508 e. The molecule has 3 fully saturated rings. The summed E-state index contributed by atoms with van der Waals surface area (Å²) in [5.41, 5.74) is 20.3. The van der Waals surface area contributed by atoms with E-state index in [9.17, 15) is 63.3 Å². The Morgan fingerprint density at radius 1 is 0.548 bits per heavy atom. The van der Waals surface area contributed by atoms with Gasteiger partial charge in [0.15, 0.2) is 0 Å². The minimum absolute atomic E-state index is 0.0221. The maximum absolute atomic E-state index is 15.8. The smallest absolute Gasteiger partial charge is 0.303 e. The number of aliphatic hydroxyl groups is 1. The number of thioether (sulfide) groups is 1. The number of carboxylic acid groups (broad SMARTS) is 1. The first-order valence-corrected chi connectivity index (χ1v) is 46.5. The number of carbonyl (C=O) groups excluding carboxylic acids is 17. The number of amides is 17. The predicted molar refractivity (Wildman–Crippen MR) is 494 cm³/mol. The first-order valence-electron chi connectivity index (χ1n) is 45.3. The average molecular weight is 1900 g/mol. The van der Waals surface area contributed by atoms with E-state index in [-0.39, 0.29) is 88.2 Å². The molecule has 6 aromatic rings. The van der Waals surface area contributed by atoms with E-state index in [1.165, 1.54) is 74.7 Å². The Morgan fingerprint density at radius 3 is 1.67 bits per heavy atom. The van der Waals surface area contributed by atoms with Gasteiger partial charge in [-0.05, 0) is 105 Å². The van der Waals surface area contributed by atoms with Gasteiger partial charge < -0.3 is 125 Å². The zero-order chi connectivity index (χ0) is 98.6. The molecule has 135 heavy (non-hydrogen) atoms. The fourth-order valence-corrected chi connectivity index (χ4v) is 17.6. The van der Waals surface area contributed by atoms with Crippen LogP contribution in [0.3, 0.4) is 0 Å². The standard InChI is InChI=1S/C91H126N22O21S/c1-9-11-22-70-84(127)103-63(34-49(3)4)81(124)108-69(79(122)98-44-75(94)117)46-135-47-76(118)100-66(35-51-25-27-55(114)28-26-51)87(130)109(6)50(5)78(121)106-68(40-74(93)116)90(133)112-33-17-24-71(112)85(128)105-65(38-54-43-95-48-99-54)83(126)102-62(29-30-77(119)120)89(132)113-45-56(115)39-73(113)86(129)104-64(36-52-41-96-59-20-15-13-18-57(52)59)82(125)101-61(31-32-92)80(123)107-67(37-53-42-97-60-21-16-14-19-58(53)60)88(131)111(8)72(23-12-10-2)91(134)110(70)7/h13-16,18-21,25-28,41-43,48-50,56,61-73,96-97,114-115H,9-12,17,22-24,29-40,44-47,92H2,1-8H3,(H2,93,116)(H2,94,117)(H,95,99)(H,98,122)(H,100,118)(H,101,125)(H,102,126)(H,103,127)(H,104,129)(H,105,128)(H,106,121)(H,107,123)(H,108,124)(H,119,120)/t50-,56+,61-,62-,63-,64-,65-,66-,67-,68-,69-,70-,71-,72-,73-/m0/s1. The Kier molecular flexibility index (Phi) is 38.9. The van der Waals surface area contributed by atoms with Crippen LogP contribution in [0.5, 0.6) is 5.75 Å². The molecule has 6 heterocycles. The fraction of sp³-hybridized carbons (Fsp3) is 0.527. The number of aromatic nitrogens is 4. The molecule has 0 radical (unpaired) electrons. The molecule has 3 aliphatic heterocycles. The van der Waals surface area contributed by atoms with Crippen LogP contribution in [0.15, 0.2) is 97.7 Å². The summed E-state index contributed by atoms with van der Waals surface area (Å²) >= 11 is 0.787. The number of hydrogen-bond donors (Lipinski definition) is 19. The Morgan fingerprint density at radius 2 is 1.08 bits per heavy atom. The molecule has 0 bridgehead atoms. The summed E-state index contributed by atoms with van der Waals surface area (Å²) in [6.45, 7) is 6.80. The van der Waals surface area contributed by atoms with E-state index in [0.717, 1.165) is 26.5 Å². The van der Waals surface area contributed by atoms with E-state index < -0.39 is 254 Å². The lowest BCUT2D eigenvalue weighted by Gasteiger charge is -2.36. The van der Waals surface area contributed by atoms with Gasteiger partial charge in [-0.3, -0.25) is 86.3 Å². The number of aromatic amines is 3. The van der Waals surface area contributed by atoms with Crippen molar-refractivity contribution in [3.63, 3.8) is 0 Å². The average Bonchev–Trinajstić information content (AvgIpc) is 1.56. The van der Waals surface area contributed by atoms with Gasteiger partial charge in [0.05, 0.1) is 31.1 Å². The second kappa shape index (κ2) is 50.0. The molecule has 44 heteroatoms. The van der Waals surface area contributed by atoms with Crippen LogP contribution in [0.25, 0.3) is 21.8 Å². The highest BCUT2D eigenvalue weighted by Gasteiger charge is 2.47. The van der Waals surface area contributed by atoms with E-state index in [1.807, 2.05) is 13.8 Å². The van der Waals surface area contributed by atoms with Crippen molar-refractivity contribution in [2.45, 2.75) is 241 Å².